The van der Waals surface area contributed by atoms with Crippen molar-refractivity contribution in [3.8, 4) is 0 Å². The molecule has 1 saturated heterocycles. The van der Waals surface area contributed by atoms with Crippen LogP contribution in [0.2, 0.25) is 0 Å². The second kappa shape index (κ2) is 8.33. The largest absolute Gasteiger partial charge is 0.416 e. The molecule has 0 aliphatic carbocycles. The lowest BCUT2D eigenvalue weighted by atomic mass is 10.0. The molecule has 1 aliphatic heterocycles. The molecule has 2 aromatic carbocycles. The lowest BCUT2D eigenvalue weighted by molar-refractivity contribution is -0.208. The lowest BCUT2D eigenvalue weighted by Crippen LogP contribution is -2.47. The Morgan fingerprint density at radius 1 is 0.966 bits per heavy atom. The quantitative estimate of drug-likeness (QED) is 0.681. The van der Waals surface area contributed by atoms with Crippen LogP contribution in [0.15, 0.2) is 48.5 Å². The highest BCUT2D eigenvalue weighted by molar-refractivity contribution is 5.33. The molecule has 9 heteroatoms. The summed E-state index contributed by atoms with van der Waals surface area (Å²) in [5.41, 5.74) is -2.15. The van der Waals surface area contributed by atoms with Crippen LogP contribution in [0.25, 0.3) is 0 Å². The van der Waals surface area contributed by atoms with Crippen molar-refractivity contribution >= 4 is 0 Å². The van der Waals surface area contributed by atoms with Gasteiger partial charge in [0.15, 0.2) is 6.29 Å². The molecule has 0 saturated carbocycles. The van der Waals surface area contributed by atoms with E-state index < -0.39 is 42.4 Å². The Hall–Kier alpha value is -2.10. The zero-order chi connectivity index (χ0) is 21.2. The normalized spacial score (nSPS) is 23.2. The predicted molar refractivity (Wildman–Crippen MR) is 92.8 cm³/mol. The number of morpholine rings is 1. The first-order valence-electron chi connectivity index (χ1n) is 8.88. The van der Waals surface area contributed by atoms with Gasteiger partial charge < -0.3 is 14.8 Å². The molecule has 0 radical (unpaired) electrons. The maximum atomic E-state index is 13.0. The highest BCUT2D eigenvalue weighted by atomic mass is 19.4. The van der Waals surface area contributed by atoms with Crippen LogP contribution < -0.4 is 5.32 Å². The summed E-state index contributed by atoms with van der Waals surface area (Å²) in [4.78, 5) is 0. The molecule has 29 heavy (non-hydrogen) atoms. The summed E-state index contributed by atoms with van der Waals surface area (Å²) in [6, 6.07) is 10.1. The second-order valence-corrected chi connectivity index (χ2v) is 6.84. The fourth-order valence-corrected chi connectivity index (χ4v) is 3.10. The van der Waals surface area contributed by atoms with Gasteiger partial charge in [-0.1, -0.05) is 30.3 Å². The van der Waals surface area contributed by atoms with Gasteiger partial charge in [-0.3, -0.25) is 0 Å². The van der Waals surface area contributed by atoms with Gasteiger partial charge in [-0.15, -0.1) is 0 Å². The monoisotopic (exact) mass is 419 g/mol. The molecular formula is C20H19F6NO2. The topological polar surface area (TPSA) is 30.5 Å². The fraction of sp³-hybridized carbons (Fsp3) is 0.400. The van der Waals surface area contributed by atoms with Gasteiger partial charge in [-0.25, -0.2) is 0 Å². The third kappa shape index (κ3) is 5.49. The van der Waals surface area contributed by atoms with Crippen LogP contribution >= 0.6 is 0 Å². The van der Waals surface area contributed by atoms with Crippen LogP contribution in [-0.2, 0) is 28.4 Å². The van der Waals surface area contributed by atoms with Crippen LogP contribution in [0.3, 0.4) is 0 Å². The highest BCUT2D eigenvalue weighted by Crippen LogP contribution is 2.36. The molecular weight excluding hydrogens is 400 g/mol. The molecule has 0 bridgehead atoms. The van der Waals surface area contributed by atoms with Crippen LogP contribution in [0.1, 0.15) is 35.2 Å². The zero-order valence-corrected chi connectivity index (χ0v) is 15.3. The Balaban J connectivity index is 1.83. The van der Waals surface area contributed by atoms with Gasteiger partial charge in [0.05, 0.1) is 29.9 Å². The third-order valence-corrected chi connectivity index (χ3v) is 4.48. The number of alkyl halides is 6. The average molecular weight is 419 g/mol. The van der Waals surface area contributed by atoms with Gasteiger partial charge >= 0.3 is 12.4 Å². The van der Waals surface area contributed by atoms with Gasteiger partial charge in [0.1, 0.15) is 0 Å². The average Bonchev–Trinajstić information content (AvgIpc) is 2.65. The molecule has 1 heterocycles. The van der Waals surface area contributed by atoms with E-state index in [1.54, 1.807) is 6.92 Å². The molecule has 0 unspecified atom stereocenters. The first-order valence-corrected chi connectivity index (χ1v) is 8.88. The number of benzene rings is 2. The van der Waals surface area contributed by atoms with Crippen molar-refractivity contribution < 1.29 is 35.8 Å². The summed E-state index contributed by atoms with van der Waals surface area (Å²) >= 11 is 0. The minimum absolute atomic E-state index is 0.0943. The van der Waals surface area contributed by atoms with E-state index in [1.165, 1.54) is 0 Å². The third-order valence-electron chi connectivity index (χ3n) is 4.48. The van der Waals surface area contributed by atoms with Crippen LogP contribution in [0, 0.1) is 0 Å². The van der Waals surface area contributed by atoms with E-state index in [9.17, 15) is 26.3 Å². The Labute approximate surface area is 163 Å². The summed E-state index contributed by atoms with van der Waals surface area (Å²) in [6.07, 6.45) is -10.9. The Morgan fingerprint density at radius 2 is 1.55 bits per heavy atom. The number of hydrogen-bond donors (Lipinski definition) is 1. The first-order chi connectivity index (χ1) is 13.5. The predicted octanol–water partition coefficient (Wildman–Crippen LogP) is 5.32. The van der Waals surface area contributed by atoms with Crippen LogP contribution in [-0.4, -0.2) is 18.9 Å². The number of hydrogen-bond acceptors (Lipinski definition) is 3. The van der Waals surface area contributed by atoms with E-state index in [1.807, 2.05) is 30.3 Å². The van der Waals surface area contributed by atoms with E-state index in [4.69, 9.17) is 9.47 Å². The van der Waals surface area contributed by atoms with Gasteiger partial charge in [-0.05, 0) is 36.2 Å². The number of ether oxygens (including phenoxy) is 2. The van der Waals surface area contributed by atoms with Crippen molar-refractivity contribution in [2.24, 2.45) is 0 Å². The molecule has 3 rings (SSSR count). The number of rotatable bonds is 4. The van der Waals surface area contributed by atoms with Gasteiger partial charge in [0, 0.05) is 6.54 Å². The summed E-state index contributed by atoms with van der Waals surface area (Å²) in [7, 11) is 0. The minimum Gasteiger partial charge on any atom is -0.346 e. The zero-order valence-electron chi connectivity index (χ0n) is 15.3. The van der Waals surface area contributed by atoms with Crippen molar-refractivity contribution in [2.45, 2.75) is 44.3 Å². The maximum Gasteiger partial charge on any atom is 0.416 e. The minimum atomic E-state index is -4.90. The first kappa shape index (κ1) is 21.6. The Kier molecular flexibility index (Phi) is 6.21. The highest BCUT2D eigenvalue weighted by Gasteiger charge is 2.37. The van der Waals surface area contributed by atoms with Crippen molar-refractivity contribution in [3.05, 3.63) is 70.8 Å². The molecule has 3 nitrogen and oxygen atoms in total. The summed E-state index contributed by atoms with van der Waals surface area (Å²) in [6.45, 7) is 1.85. The lowest BCUT2D eigenvalue weighted by Gasteiger charge is -2.36. The Morgan fingerprint density at radius 3 is 2.10 bits per heavy atom. The standard InChI is InChI=1S/C20H19F6NO2/c1-12-10-27-17(14-5-3-2-4-6-14)18(29-12)28-11-13-7-15(19(21,22)23)9-16(8-13)20(24,25)26/h2-9,12,17-18,27H,10-11H2,1H3/t12-,17+,18+/m0/s1. The number of halogens is 6. The van der Waals surface area contributed by atoms with Crippen molar-refractivity contribution in [1.29, 1.82) is 0 Å². The van der Waals surface area contributed by atoms with E-state index in [2.05, 4.69) is 5.32 Å². The van der Waals surface area contributed by atoms with E-state index in [-0.39, 0.29) is 17.7 Å². The van der Waals surface area contributed by atoms with Crippen molar-refractivity contribution in [3.63, 3.8) is 0 Å². The van der Waals surface area contributed by atoms with E-state index >= 15 is 0 Å². The van der Waals surface area contributed by atoms with Crippen LogP contribution in [0.4, 0.5) is 26.3 Å². The summed E-state index contributed by atoms with van der Waals surface area (Å²) in [5, 5.41) is 3.23. The van der Waals surface area contributed by atoms with Gasteiger partial charge in [0.2, 0.25) is 0 Å². The van der Waals surface area contributed by atoms with Crippen molar-refractivity contribution in [1.82, 2.24) is 5.32 Å². The summed E-state index contributed by atoms with van der Waals surface area (Å²) < 4.78 is 89.5. The van der Waals surface area contributed by atoms with E-state index in [0.29, 0.717) is 18.7 Å². The molecule has 1 N–H and O–H groups in total. The smallest absolute Gasteiger partial charge is 0.346 e. The molecule has 1 aliphatic rings. The number of nitrogens with one attached hydrogen (secondary N) is 1. The molecule has 2 aromatic rings. The second-order valence-electron chi connectivity index (χ2n) is 6.84. The fourth-order valence-electron chi connectivity index (χ4n) is 3.10. The molecule has 0 aromatic heterocycles. The van der Waals surface area contributed by atoms with E-state index in [0.717, 1.165) is 5.56 Å². The van der Waals surface area contributed by atoms with Crippen LogP contribution in [0.5, 0.6) is 0 Å². The molecule has 0 spiro atoms. The maximum absolute atomic E-state index is 13.0. The van der Waals surface area contributed by atoms with Crippen molar-refractivity contribution in [2.75, 3.05) is 6.54 Å². The van der Waals surface area contributed by atoms with Gasteiger partial charge in [0.25, 0.3) is 0 Å². The molecule has 0 amide bonds. The van der Waals surface area contributed by atoms with Gasteiger partial charge in [-0.2, -0.15) is 26.3 Å². The Bertz CT molecular complexity index is 790. The molecule has 1 fully saturated rings. The summed E-state index contributed by atoms with van der Waals surface area (Å²) in [5.74, 6) is 0. The molecule has 3 atom stereocenters. The SMILES string of the molecule is C[C@H]1CN[C@H](c2ccccc2)[C@H](OCc2cc(C(F)(F)F)cc(C(F)(F)F)c2)O1. The molecule has 158 valence electrons.